The van der Waals surface area contributed by atoms with Crippen molar-refractivity contribution in [2.75, 3.05) is 0 Å². The lowest BCUT2D eigenvalue weighted by Crippen LogP contribution is -2.38. The number of imidazole rings is 1. The van der Waals surface area contributed by atoms with Crippen LogP contribution in [0.4, 0.5) is 0 Å². The molecule has 1 atom stereocenters. The molecule has 0 spiro atoms. The fourth-order valence-electron chi connectivity index (χ4n) is 2.47. The van der Waals surface area contributed by atoms with Crippen LogP contribution in [0.15, 0.2) is 47.8 Å². The van der Waals surface area contributed by atoms with Gasteiger partial charge in [-0.25, -0.2) is 10.1 Å². The Bertz CT molecular complexity index is 870. The lowest BCUT2D eigenvalue weighted by Gasteiger charge is -2.17. The van der Waals surface area contributed by atoms with Crippen LogP contribution in [0.2, 0.25) is 0 Å². The van der Waals surface area contributed by atoms with Crippen molar-refractivity contribution in [1.29, 1.82) is 0 Å². The quantitative estimate of drug-likeness (QED) is 0.743. The van der Waals surface area contributed by atoms with Gasteiger partial charge >= 0.3 is 0 Å². The van der Waals surface area contributed by atoms with Crippen molar-refractivity contribution in [3.05, 3.63) is 59.0 Å². The van der Waals surface area contributed by atoms with Gasteiger partial charge in [-0.15, -0.1) is 0 Å². The van der Waals surface area contributed by atoms with Gasteiger partial charge in [0, 0.05) is 30.4 Å². The van der Waals surface area contributed by atoms with E-state index in [-0.39, 0.29) is 23.2 Å². The van der Waals surface area contributed by atoms with Crippen molar-refractivity contribution < 1.29 is 4.79 Å². The lowest BCUT2D eigenvalue weighted by molar-refractivity contribution is 0.0927. The van der Waals surface area contributed by atoms with E-state index in [9.17, 15) is 9.59 Å². The Morgan fingerprint density at radius 2 is 2.13 bits per heavy atom. The molecule has 2 heterocycles. The minimum atomic E-state index is -0.303. The van der Waals surface area contributed by atoms with Crippen LogP contribution in [0.3, 0.4) is 0 Å². The van der Waals surface area contributed by atoms with Gasteiger partial charge in [-0.2, -0.15) is 5.10 Å². The largest absolute Gasteiger partial charge is 0.346 e. The number of hydrogen-bond acceptors (Lipinski definition) is 4. The molecule has 7 heteroatoms. The monoisotopic (exact) mass is 311 g/mol. The first-order chi connectivity index (χ1) is 11.2. The zero-order valence-electron chi connectivity index (χ0n) is 12.7. The van der Waals surface area contributed by atoms with E-state index >= 15 is 0 Å². The number of carbonyl (C=O) groups is 1. The summed E-state index contributed by atoms with van der Waals surface area (Å²) >= 11 is 0. The van der Waals surface area contributed by atoms with Crippen molar-refractivity contribution >= 4 is 16.7 Å². The second-order valence-electron chi connectivity index (χ2n) is 5.29. The molecule has 23 heavy (non-hydrogen) atoms. The third-order valence-electron chi connectivity index (χ3n) is 3.73. The van der Waals surface area contributed by atoms with Crippen molar-refractivity contribution in [2.45, 2.75) is 25.9 Å². The Hall–Kier alpha value is -2.96. The number of nitrogens with zero attached hydrogens (tertiary/aromatic N) is 3. The highest BCUT2D eigenvalue weighted by Gasteiger charge is 2.17. The summed E-state index contributed by atoms with van der Waals surface area (Å²) < 4.78 is 1.91. The molecule has 7 nitrogen and oxygen atoms in total. The average Bonchev–Trinajstić information content (AvgIpc) is 3.07. The average molecular weight is 311 g/mol. The smallest absolute Gasteiger partial charge is 0.272 e. The van der Waals surface area contributed by atoms with Gasteiger partial charge in [0.1, 0.15) is 0 Å². The van der Waals surface area contributed by atoms with Crippen LogP contribution in [0.5, 0.6) is 0 Å². The number of amides is 1. The summed E-state index contributed by atoms with van der Waals surface area (Å²) in [7, 11) is 0. The summed E-state index contributed by atoms with van der Waals surface area (Å²) in [6.07, 6.45) is 6.03. The number of rotatable bonds is 5. The third kappa shape index (κ3) is 3.13. The first kappa shape index (κ1) is 15.0. The normalized spacial score (nSPS) is 12.2. The molecule has 0 saturated heterocycles. The molecule has 118 valence electrons. The molecule has 2 N–H and O–H groups in total. The van der Waals surface area contributed by atoms with Crippen molar-refractivity contribution in [2.24, 2.45) is 0 Å². The second kappa shape index (κ2) is 6.43. The Morgan fingerprint density at radius 3 is 2.83 bits per heavy atom. The number of aromatic nitrogens is 4. The molecular formula is C16H17N5O2. The number of hydrogen-bond donors (Lipinski definition) is 2. The first-order valence-corrected chi connectivity index (χ1v) is 7.43. The number of H-pyrrole nitrogens is 1. The molecule has 0 aliphatic rings. The van der Waals surface area contributed by atoms with Crippen LogP contribution < -0.4 is 10.9 Å². The minimum absolute atomic E-state index is 0.0517. The molecule has 0 fully saturated rings. The van der Waals surface area contributed by atoms with E-state index in [1.165, 1.54) is 0 Å². The van der Waals surface area contributed by atoms with Crippen LogP contribution in [0, 0.1) is 0 Å². The van der Waals surface area contributed by atoms with Crippen molar-refractivity contribution in [3.63, 3.8) is 0 Å². The highest BCUT2D eigenvalue weighted by Crippen LogP contribution is 2.12. The van der Waals surface area contributed by atoms with Gasteiger partial charge in [0.25, 0.3) is 11.5 Å². The van der Waals surface area contributed by atoms with Gasteiger partial charge in [-0.3, -0.25) is 9.59 Å². The van der Waals surface area contributed by atoms with Gasteiger partial charge in [0.15, 0.2) is 5.69 Å². The third-order valence-corrected chi connectivity index (χ3v) is 3.73. The maximum absolute atomic E-state index is 12.5. The number of carbonyl (C=O) groups excluding carboxylic acids is 1. The lowest BCUT2D eigenvalue weighted by atomic mass is 10.1. The summed E-state index contributed by atoms with van der Waals surface area (Å²) in [6, 6.07) is 6.89. The van der Waals surface area contributed by atoms with Gasteiger partial charge in [-0.05, 0) is 12.5 Å². The minimum Gasteiger partial charge on any atom is -0.346 e. The fraction of sp³-hybridized carbons (Fsp3) is 0.250. The molecular weight excluding hydrogens is 294 g/mol. The Labute approximate surface area is 132 Å². The van der Waals surface area contributed by atoms with E-state index in [1.807, 2.05) is 17.7 Å². The highest BCUT2D eigenvalue weighted by atomic mass is 16.2. The molecule has 0 radical (unpaired) electrons. The standard InChI is InChI=1S/C16H17N5O2/c1-2-11(9-21-8-7-17-10-21)18-16(23)14-12-5-3-4-6-13(12)15(22)20-19-14/h3-8,10-11H,2,9H2,1H3,(H,18,23)(H,20,22)/t11-/m1/s1. The van der Waals surface area contributed by atoms with E-state index in [1.54, 1.807) is 36.8 Å². The molecule has 0 bridgehead atoms. The van der Waals surface area contributed by atoms with E-state index in [0.29, 0.717) is 17.3 Å². The molecule has 1 aromatic carbocycles. The molecule has 3 rings (SSSR count). The van der Waals surface area contributed by atoms with Gasteiger partial charge in [0.05, 0.1) is 11.7 Å². The molecule has 0 saturated carbocycles. The molecule has 1 amide bonds. The number of benzene rings is 1. The number of nitrogens with one attached hydrogen (secondary N) is 2. The number of aromatic amines is 1. The first-order valence-electron chi connectivity index (χ1n) is 7.43. The van der Waals surface area contributed by atoms with Gasteiger partial charge in [-0.1, -0.05) is 25.1 Å². The predicted molar refractivity (Wildman–Crippen MR) is 86.1 cm³/mol. The van der Waals surface area contributed by atoms with Gasteiger partial charge in [0.2, 0.25) is 0 Å². The van der Waals surface area contributed by atoms with E-state index < -0.39 is 0 Å². The van der Waals surface area contributed by atoms with Gasteiger partial charge < -0.3 is 9.88 Å². The molecule has 2 aromatic heterocycles. The zero-order chi connectivity index (χ0) is 16.2. The Morgan fingerprint density at radius 1 is 1.35 bits per heavy atom. The maximum Gasteiger partial charge on any atom is 0.272 e. The van der Waals surface area contributed by atoms with E-state index in [2.05, 4.69) is 20.5 Å². The second-order valence-corrected chi connectivity index (χ2v) is 5.29. The van der Waals surface area contributed by atoms with E-state index in [4.69, 9.17) is 0 Å². The van der Waals surface area contributed by atoms with Crippen molar-refractivity contribution in [3.8, 4) is 0 Å². The number of fused-ring (bicyclic) bond motifs is 1. The van der Waals surface area contributed by atoms with Crippen LogP contribution in [0.25, 0.3) is 10.8 Å². The molecule has 0 unspecified atom stereocenters. The molecule has 3 aromatic rings. The van der Waals surface area contributed by atoms with Crippen LogP contribution >= 0.6 is 0 Å². The van der Waals surface area contributed by atoms with Crippen molar-refractivity contribution in [1.82, 2.24) is 25.1 Å². The summed E-state index contributed by atoms with van der Waals surface area (Å²) in [5.74, 6) is -0.301. The summed E-state index contributed by atoms with van der Waals surface area (Å²) in [5.41, 5.74) is -0.0770. The van der Waals surface area contributed by atoms with Crippen LogP contribution in [-0.4, -0.2) is 31.7 Å². The summed E-state index contributed by atoms with van der Waals surface area (Å²) in [6.45, 7) is 2.63. The fourth-order valence-corrected chi connectivity index (χ4v) is 2.47. The Kier molecular flexibility index (Phi) is 4.18. The highest BCUT2D eigenvalue weighted by molar-refractivity contribution is 6.04. The molecule has 0 aliphatic carbocycles. The van der Waals surface area contributed by atoms with E-state index in [0.717, 1.165) is 6.42 Å². The maximum atomic E-state index is 12.5. The van der Waals surface area contributed by atoms with Crippen LogP contribution in [-0.2, 0) is 6.54 Å². The zero-order valence-corrected chi connectivity index (χ0v) is 12.7. The van der Waals surface area contributed by atoms with Crippen LogP contribution in [0.1, 0.15) is 23.8 Å². The molecule has 0 aliphatic heterocycles. The Balaban J connectivity index is 1.85. The summed E-state index contributed by atoms with van der Waals surface area (Å²) in [5, 5.41) is 10.3. The summed E-state index contributed by atoms with van der Waals surface area (Å²) in [4.78, 5) is 28.3. The SMILES string of the molecule is CC[C@H](Cn1ccnc1)NC(=O)c1n[nH]c(=O)c2ccccc12. The topological polar surface area (TPSA) is 92.7 Å². The predicted octanol–water partition coefficient (Wildman–Crippen LogP) is 1.33.